The summed E-state index contributed by atoms with van der Waals surface area (Å²) in [5.74, 6) is -0.365. The molecule has 1 atom stereocenters. The number of amides is 1. The van der Waals surface area contributed by atoms with E-state index in [-0.39, 0.29) is 11.9 Å². The Morgan fingerprint density at radius 2 is 1.95 bits per heavy atom. The van der Waals surface area contributed by atoms with Gasteiger partial charge in [-0.2, -0.15) is 13.2 Å². The Kier molecular flexibility index (Phi) is 5.86. The Morgan fingerprint density at radius 1 is 1.35 bits per heavy atom. The highest BCUT2D eigenvalue weighted by Crippen LogP contribution is 2.31. The molecule has 0 aromatic carbocycles. The van der Waals surface area contributed by atoms with Gasteiger partial charge in [0.25, 0.3) is 0 Å². The molecule has 0 radical (unpaired) electrons. The van der Waals surface area contributed by atoms with E-state index in [9.17, 15) is 18.0 Å². The van der Waals surface area contributed by atoms with Gasteiger partial charge in [-0.25, -0.2) is 0 Å². The van der Waals surface area contributed by atoms with E-state index in [1.165, 1.54) is 0 Å². The highest BCUT2D eigenvalue weighted by atomic mass is 19.4. The first-order valence-electron chi connectivity index (χ1n) is 7.32. The van der Waals surface area contributed by atoms with E-state index in [0.717, 1.165) is 17.9 Å². The van der Waals surface area contributed by atoms with Crippen molar-refractivity contribution in [1.29, 1.82) is 0 Å². The van der Waals surface area contributed by atoms with Crippen molar-refractivity contribution in [3.05, 3.63) is 0 Å². The van der Waals surface area contributed by atoms with Crippen molar-refractivity contribution < 1.29 is 18.0 Å². The summed E-state index contributed by atoms with van der Waals surface area (Å²) in [6.07, 6.45) is -1.79. The number of halogens is 3. The molecule has 20 heavy (non-hydrogen) atoms. The number of nitrogens with zero attached hydrogens (tertiary/aromatic N) is 1. The molecule has 1 rings (SSSR count). The lowest BCUT2D eigenvalue weighted by Gasteiger charge is -2.40. The van der Waals surface area contributed by atoms with Crippen molar-refractivity contribution in [1.82, 2.24) is 10.2 Å². The zero-order chi connectivity index (χ0) is 15.4. The molecule has 1 aliphatic heterocycles. The number of alkyl halides is 3. The van der Waals surface area contributed by atoms with Gasteiger partial charge in [0, 0.05) is 12.6 Å². The van der Waals surface area contributed by atoms with E-state index in [2.05, 4.69) is 5.32 Å². The Balaban J connectivity index is 2.93. The minimum atomic E-state index is -4.35. The fraction of sp³-hybridized carbons (Fsp3) is 0.929. The van der Waals surface area contributed by atoms with Crippen LogP contribution in [-0.2, 0) is 4.79 Å². The Hall–Kier alpha value is -0.780. The first-order chi connectivity index (χ1) is 9.23. The maximum atomic E-state index is 12.8. The largest absolute Gasteiger partial charge is 0.406 e. The summed E-state index contributed by atoms with van der Waals surface area (Å²) >= 11 is 0. The SMILES string of the molecule is CCC(CC)N(CC(F)(F)F)C(=O)C1(C)CCCNC1. The lowest BCUT2D eigenvalue weighted by molar-refractivity contribution is -0.173. The first kappa shape index (κ1) is 17.3. The topological polar surface area (TPSA) is 32.3 Å². The number of hydrogen-bond donors (Lipinski definition) is 1. The number of carbonyl (C=O) groups excluding carboxylic acids is 1. The lowest BCUT2D eigenvalue weighted by atomic mass is 9.81. The molecule has 118 valence electrons. The van der Waals surface area contributed by atoms with Gasteiger partial charge in [0.05, 0.1) is 5.41 Å². The van der Waals surface area contributed by atoms with Crippen LogP contribution in [0.3, 0.4) is 0 Å². The second-order valence-electron chi connectivity index (χ2n) is 5.86. The second-order valence-corrected chi connectivity index (χ2v) is 5.86. The van der Waals surface area contributed by atoms with Gasteiger partial charge >= 0.3 is 6.18 Å². The van der Waals surface area contributed by atoms with E-state index >= 15 is 0 Å². The predicted octanol–water partition coefficient (Wildman–Crippen LogP) is 2.96. The van der Waals surface area contributed by atoms with Crippen molar-refractivity contribution in [2.45, 2.75) is 58.7 Å². The number of rotatable bonds is 5. The molecule has 0 saturated carbocycles. The van der Waals surface area contributed by atoms with Crippen LogP contribution in [0.15, 0.2) is 0 Å². The molecule has 1 fully saturated rings. The van der Waals surface area contributed by atoms with Crippen molar-refractivity contribution in [2.75, 3.05) is 19.6 Å². The van der Waals surface area contributed by atoms with Crippen LogP contribution in [0.25, 0.3) is 0 Å². The third-order valence-corrected chi connectivity index (χ3v) is 4.11. The summed E-state index contributed by atoms with van der Waals surface area (Å²) in [6.45, 7) is 5.56. The molecule has 0 spiro atoms. The maximum absolute atomic E-state index is 12.8. The minimum absolute atomic E-state index is 0.345. The summed E-state index contributed by atoms with van der Waals surface area (Å²) in [4.78, 5) is 13.7. The molecule has 1 heterocycles. The van der Waals surface area contributed by atoms with Crippen molar-refractivity contribution in [2.24, 2.45) is 5.41 Å². The van der Waals surface area contributed by atoms with Crippen LogP contribution in [0.4, 0.5) is 13.2 Å². The lowest BCUT2D eigenvalue weighted by Crippen LogP contribution is -2.55. The molecule has 1 amide bonds. The quantitative estimate of drug-likeness (QED) is 0.845. The third-order valence-electron chi connectivity index (χ3n) is 4.11. The Morgan fingerprint density at radius 3 is 2.35 bits per heavy atom. The standard InChI is InChI=1S/C14H25F3N2O/c1-4-11(5-2)19(10-14(15,16)17)12(20)13(3)7-6-8-18-9-13/h11,18H,4-10H2,1-3H3. The molecule has 0 aromatic rings. The molecule has 1 unspecified atom stereocenters. The summed E-state index contributed by atoms with van der Waals surface area (Å²) in [7, 11) is 0. The average molecular weight is 294 g/mol. The summed E-state index contributed by atoms with van der Waals surface area (Å²) in [5.41, 5.74) is -0.716. The smallest absolute Gasteiger partial charge is 0.330 e. The van der Waals surface area contributed by atoms with Crippen LogP contribution in [0.2, 0.25) is 0 Å². The van der Waals surface area contributed by atoms with Crippen LogP contribution in [0.5, 0.6) is 0 Å². The van der Waals surface area contributed by atoms with Crippen LogP contribution in [0.1, 0.15) is 46.5 Å². The molecule has 1 saturated heterocycles. The van der Waals surface area contributed by atoms with E-state index < -0.39 is 18.1 Å². The zero-order valence-corrected chi connectivity index (χ0v) is 12.5. The van der Waals surface area contributed by atoms with Gasteiger partial charge in [-0.15, -0.1) is 0 Å². The normalized spacial score (nSPS) is 23.9. The van der Waals surface area contributed by atoms with Gasteiger partial charge in [-0.1, -0.05) is 13.8 Å². The van der Waals surface area contributed by atoms with Crippen LogP contribution in [-0.4, -0.2) is 42.7 Å². The summed E-state index contributed by atoms with van der Waals surface area (Å²) in [6, 6.07) is -0.345. The molecular weight excluding hydrogens is 269 g/mol. The summed E-state index contributed by atoms with van der Waals surface area (Å²) in [5, 5.41) is 3.12. The molecule has 0 bridgehead atoms. The van der Waals surface area contributed by atoms with Gasteiger partial charge in [0.15, 0.2) is 0 Å². The van der Waals surface area contributed by atoms with Crippen LogP contribution >= 0.6 is 0 Å². The van der Waals surface area contributed by atoms with Gasteiger partial charge in [0.1, 0.15) is 6.54 Å². The van der Waals surface area contributed by atoms with E-state index in [1.807, 2.05) is 13.8 Å². The fourth-order valence-corrected chi connectivity index (χ4v) is 2.87. The summed E-state index contributed by atoms with van der Waals surface area (Å²) < 4.78 is 38.3. The number of nitrogens with one attached hydrogen (secondary N) is 1. The van der Waals surface area contributed by atoms with Gasteiger partial charge < -0.3 is 10.2 Å². The van der Waals surface area contributed by atoms with Crippen LogP contribution in [0, 0.1) is 5.41 Å². The molecular formula is C14H25F3N2O. The van der Waals surface area contributed by atoms with Crippen molar-refractivity contribution in [3.63, 3.8) is 0 Å². The fourth-order valence-electron chi connectivity index (χ4n) is 2.87. The van der Waals surface area contributed by atoms with E-state index in [4.69, 9.17) is 0 Å². The first-order valence-corrected chi connectivity index (χ1v) is 7.32. The number of carbonyl (C=O) groups is 1. The van der Waals surface area contributed by atoms with Crippen LogP contribution < -0.4 is 5.32 Å². The molecule has 0 aromatic heterocycles. The monoisotopic (exact) mass is 294 g/mol. The molecule has 3 nitrogen and oxygen atoms in total. The van der Waals surface area contributed by atoms with Crippen molar-refractivity contribution >= 4 is 5.91 Å². The Labute approximate surface area is 118 Å². The average Bonchev–Trinajstić information content (AvgIpc) is 2.37. The van der Waals surface area contributed by atoms with Gasteiger partial charge in [0.2, 0.25) is 5.91 Å². The van der Waals surface area contributed by atoms with E-state index in [0.29, 0.717) is 25.8 Å². The van der Waals surface area contributed by atoms with Gasteiger partial charge in [-0.05, 0) is 39.2 Å². The highest BCUT2D eigenvalue weighted by Gasteiger charge is 2.43. The Bertz CT molecular complexity index is 321. The number of hydrogen-bond acceptors (Lipinski definition) is 2. The van der Waals surface area contributed by atoms with Crippen molar-refractivity contribution in [3.8, 4) is 0 Å². The second kappa shape index (κ2) is 6.78. The molecule has 0 aliphatic carbocycles. The minimum Gasteiger partial charge on any atom is -0.330 e. The highest BCUT2D eigenvalue weighted by molar-refractivity contribution is 5.83. The van der Waals surface area contributed by atoms with E-state index in [1.54, 1.807) is 6.92 Å². The zero-order valence-electron chi connectivity index (χ0n) is 12.5. The molecule has 6 heteroatoms. The molecule has 1 aliphatic rings. The third kappa shape index (κ3) is 4.36. The molecule has 1 N–H and O–H groups in total. The number of piperidine rings is 1. The van der Waals surface area contributed by atoms with Gasteiger partial charge in [-0.3, -0.25) is 4.79 Å². The maximum Gasteiger partial charge on any atom is 0.406 e. The predicted molar refractivity (Wildman–Crippen MR) is 72.3 cm³/mol.